The topological polar surface area (TPSA) is 148 Å². The van der Waals surface area contributed by atoms with E-state index in [0.29, 0.717) is 18.6 Å². The molecule has 1 atom stereocenters. The van der Waals surface area contributed by atoms with Gasteiger partial charge in [0.15, 0.2) is 0 Å². The summed E-state index contributed by atoms with van der Waals surface area (Å²) in [6, 6.07) is 0. The van der Waals surface area contributed by atoms with Gasteiger partial charge in [-0.2, -0.15) is 12.6 Å². The zero-order valence-corrected chi connectivity index (χ0v) is 20.1. The normalized spacial score (nSPS) is 11.0. The number of alkyl carbamates (subject to hydrolysis) is 2. The molecule has 13 heteroatoms. The average Bonchev–Trinajstić information content (AvgIpc) is 2.83. The Morgan fingerprint density at radius 2 is 1.29 bits per heavy atom. The van der Waals surface area contributed by atoms with E-state index in [4.69, 9.17) is 28.4 Å². The number of hydrogen-bond acceptors (Lipinski definition) is 11. The van der Waals surface area contributed by atoms with Crippen LogP contribution in [0.1, 0.15) is 12.8 Å². The first-order valence-corrected chi connectivity index (χ1v) is 11.3. The quantitative estimate of drug-likeness (QED) is 0.0718. The van der Waals surface area contributed by atoms with E-state index in [-0.39, 0.29) is 59.3 Å². The summed E-state index contributed by atoms with van der Waals surface area (Å²) < 4.78 is 30.2. The lowest BCUT2D eigenvalue weighted by atomic mass is 10.2. The highest BCUT2D eigenvalue weighted by atomic mass is 32.1. The highest BCUT2D eigenvalue weighted by molar-refractivity contribution is 7.80. The van der Waals surface area contributed by atoms with Gasteiger partial charge in [0.25, 0.3) is 0 Å². The number of nitrogens with one attached hydrogen (secondary N) is 2. The van der Waals surface area contributed by atoms with Crippen LogP contribution in [0.5, 0.6) is 0 Å². The molecule has 2 amide bonds. The third kappa shape index (κ3) is 19.9. The molecular formula is C21H34N2O10S. The summed E-state index contributed by atoms with van der Waals surface area (Å²) in [5.41, 5.74) is 0. The van der Waals surface area contributed by atoms with Gasteiger partial charge in [-0.05, 0) is 18.6 Å². The van der Waals surface area contributed by atoms with Gasteiger partial charge < -0.3 is 39.1 Å². The van der Waals surface area contributed by atoms with Crippen LogP contribution in [0.25, 0.3) is 0 Å². The van der Waals surface area contributed by atoms with E-state index in [9.17, 15) is 19.2 Å². The lowest BCUT2D eigenvalue weighted by molar-refractivity contribution is -0.140. The van der Waals surface area contributed by atoms with Crippen molar-refractivity contribution in [1.29, 1.82) is 0 Å². The Labute approximate surface area is 204 Å². The fraction of sp³-hybridized carbons (Fsp3) is 0.619. The van der Waals surface area contributed by atoms with Crippen LogP contribution in [0, 0.1) is 0 Å². The molecule has 0 aromatic heterocycles. The summed E-state index contributed by atoms with van der Waals surface area (Å²) in [5.74, 6) is -0.492. The molecule has 34 heavy (non-hydrogen) atoms. The lowest BCUT2D eigenvalue weighted by Gasteiger charge is -2.18. The van der Waals surface area contributed by atoms with Gasteiger partial charge in [-0.1, -0.05) is 13.2 Å². The molecule has 0 aliphatic rings. The number of carbonyl (C=O) groups excluding carboxylic acids is 4. The summed E-state index contributed by atoms with van der Waals surface area (Å²) in [5, 5.41) is 5.01. The zero-order valence-electron chi connectivity index (χ0n) is 19.2. The maximum atomic E-state index is 11.9. The Bertz CT molecular complexity index is 633. The maximum Gasteiger partial charge on any atom is 0.407 e. The first-order valence-electron chi connectivity index (χ1n) is 10.6. The standard InChI is InChI=1S/C21H34N2O10S/c1-3-18(24)30-13-11-28-9-7-22-20(26)32-16-17(6-5-15-34)33-21(27)23-8-10-29-12-14-31-19(25)4-2/h3-4,17,34H,1-2,5-16H2,(H,22,26)(H,23,27). The molecule has 2 N–H and O–H groups in total. The SMILES string of the molecule is C=CC(=O)OCCOCCNC(=O)OCC(CCCS)OC(=O)NCCOCCOC(=O)C=C. The average molecular weight is 507 g/mol. The molecule has 0 aliphatic heterocycles. The van der Waals surface area contributed by atoms with Crippen molar-refractivity contribution in [2.75, 3.05) is 65.1 Å². The van der Waals surface area contributed by atoms with Crippen molar-refractivity contribution in [3.8, 4) is 0 Å². The molecule has 0 radical (unpaired) electrons. The van der Waals surface area contributed by atoms with Gasteiger partial charge in [-0.3, -0.25) is 0 Å². The largest absolute Gasteiger partial charge is 0.460 e. The molecule has 0 saturated carbocycles. The number of hydrogen-bond donors (Lipinski definition) is 3. The summed E-state index contributed by atoms with van der Waals surface area (Å²) in [6.07, 6.45) is 1.21. The molecule has 0 spiro atoms. The second-order valence-electron chi connectivity index (χ2n) is 6.31. The van der Waals surface area contributed by atoms with E-state index in [1.807, 2.05) is 0 Å². The van der Waals surface area contributed by atoms with Crippen LogP contribution >= 0.6 is 12.6 Å². The molecular weight excluding hydrogens is 472 g/mol. The molecule has 194 valence electrons. The fourth-order valence-electron chi connectivity index (χ4n) is 2.08. The summed E-state index contributed by atoms with van der Waals surface area (Å²) in [7, 11) is 0. The third-order valence-corrected chi connectivity index (χ3v) is 3.98. The minimum atomic E-state index is -0.688. The predicted octanol–water partition coefficient (Wildman–Crippen LogP) is 1.01. The minimum Gasteiger partial charge on any atom is -0.460 e. The monoisotopic (exact) mass is 506 g/mol. The van der Waals surface area contributed by atoms with Crippen molar-refractivity contribution in [3.63, 3.8) is 0 Å². The summed E-state index contributed by atoms with van der Waals surface area (Å²) in [6.45, 7) is 7.69. The smallest absolute Gasteiger partial charge is 0.407 e. The van der Waals surface area contributed by atoms with Gasteiger partial charge in [-0.25, -0.2) is 19.2 Å². The summed E-state index contributed by atoms with van der Waals surface area (Å²) in [4.78, 5) is 45.4. The number of esters is 2. The van der Waals surface area contributed by atoms with Gasteiger partial charge in [0.2, 0.25) is 0 Å². The Hall–Kier alpha value is -2.77. The van der Waals surface area contributed by atoms with Crippen LogP contribution in [0.3, 0.4) is 0 Å². The van der Waals surface area contributed by atoms with E-state index in [2.05, 4.69) is 36.4 Å². The van der Waals surface area contributed by atoms with Gasteiger partial charge in [0, 0.05) is 25.2 Å². The molecule has 12 nitrogen and oxygen atoms in total. The van der Waals surface area contributed by atoms with Crippen LogP contribution in [-0.2, 0) is 38.0 Å². The van der Waals surface area contributed by atoms with Crippen LogP contribution in [-0.4, -0.2) is 95.3 Å². The van der Waals surface area contributed by atoms with E-state index >= 15 is 0 Å². The van der Waals surface area contributed by atoms with Gasteiger partial charge in [0.1, 0.15) is 25.9 Å². The molecule has 0 bridgehead atoms. The van der Waals surface area contributed by atoms with Crippen molar-refractivity contribution in [2.45, 2.75) is 18.9 Å². The van der Waals surface area contributed by atoms with Gasteiger partial charge in [-0.15, -0.1) is 0 Å². The number of carbonyl (C=O) groups is 4. The highest BCUT2D eigenvalue weighted by Gasteiger charge is 2.16. The Morgan fingerprint density at radius 1 is 0.765 bits per heavy atom. The summed E-state index contributed by atoms with van der Waals surface area (Å²) >= 11 is 4.13. The molecule has 0 heterocycles. The van der Waals surface area contributed by atoms with E-state index in [0.717, 1.165) is 12.2 Å². The van der Waals surface area contributed by atoms with Crippen LogP contribution in [0.2, 0.25) is 0 Å². The van der Waals surface area contributed by atoms with Crippen molar-refractivity contribution in [1.82, 2.24) is 10.6 Å². The van der Waals surface area contributed by atoms with Crippen LogP contribution in [0.4, 0.5) is 9.59 Å². The Kier molecular flexibility index (Phi) is 20.2. The van der Waals surface area contributed by atoms with Crippen molar-refractivity contribution >= 4 is 36.8 Å². The minimum absolute atomic E-state index is 0.0811. The lowest BCUT2D eigenvalue weighted by Crippen LogP contribution is -2.35. The van der Waals surface area contributed by atoms with Crippen molar-refractivity contribution in [3.05, 3.63) is 25.3 Å². The van der Waals surface area contributed by atoms with E-state index < -0.39 is 30.2 Å². The Balaban J connectivity index is 3.96. The third-order valence-electron chi connectivity index (χ3n) is 3.67. The number of thiol groups is 1. The number of amides is 2. The second-order valence-corrected chi connectivity index (χ2v) is 6.76. The predicted molar refractivity (Wildman–Crippen MR) is 125 cm³/mol. The molecule has 0 saturated heterocycles. The fourth-order valence-corrected chi connectivity index (χ4v) is 2.27. The Morgan fingerprint density at radius 3 is 1.79 bits per heavy atom. The van der Waals surface area contributed by atoms with E-state index in [1.54, 1.807) is 0 Å². The van der Waals surface area contributed by atoms with Crippen LogP contribution in [0.15, 0.2) is 25.3 Å². The first kappa shape index (κ1) is 31.2. The van der Waals surface area contributed by atoms with E-state index in [1.165, 1.54) is 0 Å². The molecule has 0 rings (SSSR count). The molecule has 1 unspecified atom stereocenters. The van der Waals surface area contributed by atoms with Crippen molar-refractivity contribution < 1.29 is 47.6 Å². The van der Waals surface area contributed by atoms with Gasteiger partial charge in [0.05, 0.1) is 26.4 Å². The second kappa shape index (κ2) is 22.0. The van der Waals surface area contributed by atoms with Gasteiger partial charge >= 0.3 is 24.1 Å². The highest BCUT2D eigenvalue weighted by Crippen LogP contribution is 2.05. The molecule has 0 fully saturated rings. The van der Waals surface area contributed by atoms with Crippen molar-refractivity contribution in [2.24, 2.45) is 0 Å². The maximum absolute atomic E-state index is 11.9. The van der Waals surface area contributed by atoms with Crippen LogP contribution < -0.4 is 10.6 Å². The zero-order chi connectivity index (χ0) is 25.4. The molecule has 0 aromatic rings. The number of ether oxygens (including phenoxy) is 6. The first-order chi connectivity index (χ1) is 16.4. The molecule has 0 aliphatic carbocycles. The molecule has 0 aromatic carbocycles. The number of rotatable bonds is 20.